The average molecular weight is 382 g/mol. The molecule has 1 amide bonds. The first-order valence-corrected chi connectivity index (χ1v) is 8.64. The van der Waals surface area contributed by atoms with Crippen molar-refractivity contribution in [1.29, 1.82) is 0 Å². The summed E-state index contributed by atoms with van der Waals surface area (Å²) in [5, 5.41) is 1.06. The molecule has 3 nitrogen and oxygen atoms in total. The van der Waals surface area contributed by atoms with Crippen molar-refractivity contribution in [3.63, 3.8) is 0 Å². The van der Waals surface area contributed by atoms with E-state index in [9.17, 15) is 4.79 Å². The van der Waals surface area contributed by atoms with Gasteiger partial charge >= 0.3 is 0 Å². The van der Waals surface area contributed by atoms with Gasteiger partial charge in [0.15, 0.2) is 0 Å². The second-order valence-corrected chi connectivity index (χ2v) is 6.63. The fourth-order valence-electron chi connectivity index (χ4n) is 2.31. The molecule has 0 aliphatic carbocycles. The molecule has 0 aliphatic heterocycles. The number of halogens is 3. The van der Waals surface area contributed by atoms with E-state index in [-0.39, 0.29) is 24.4 Å². The summed E-state index contributed by atoms with van der Waals surface area (Å²) < 4.78 is 0. The summed E-state index contributed by atoms with van der Waals surface area (Å²) in [7, 11) is 0. The molecular formula is C17H27Cl3N2O. The second kappa shape index (κ2) is 12.0. The summed E-state index contributed by atoms with van der Waals surface area (Å²) in [6.07, 6.45) is 4.69. The Hall–Kier alpha value is -0.480. The minimum absolute atomic E-state index is 0. The maximum absolute atomic E-state index is 12.4. The summed E-state index contributed by atoms with van der Waals surface area (Å²) in [6, 6.07) is 5.67. The molecule has 1 aromatic carbocycles. The third kappa shape index (κ3) is 8.25. The first-order valence-electron chi connectivity index (χ1n) is 7.89. The smallest absolute Gasteiger partial charge is 0.223 e. The Morgan fingerprint density at radius 1 is 1.13 bits per heavy atom. The van der Waals surface area contributed by atoms with Crippen molar-refractivity contribution in [2.24, 2.45) is 5.73 Å². The van der Waals surface area contributed by atoms with E-state index in [1.165, 1.54) is 0 Å². The van der Waals surface area contributed by atoms with Crippen LogP contribution in [0, 0.1) is 0 Å². The van der Waals surface area contributed by atoms with Crippen molar-refractivity contribution in [2.45, 2.75) is 58.5 Å². The van der Waals surface area contributed by atoms with Crippen molar-refractivity contribution in [3.8, 4) is 0 Å². The average Bonchev–Trinajstić information content (AvgIpc) is 2.47. The van der Waals surface area contributed by atoms with Gasteiger partial charge in [-0.05, 0) is 50.9 Å². The number of unbranched alkanes of at least 4 members (excludes halogenated alkanes) is 3. The van der Waals surface area contributed by atoms with E-state index in [1.807, 2.05) is 30.9 Å². The molecule has 0 radical (unpaired) electrons. The Balaban J connectivity index is 0.00000484. The zero-order chi connectivity index (χ0) is 16.5. The quantitative estimate of drug-likeness (QED) is 0.607. The highest BCUT2D eigenvalue weighted by molar-refractivity contribution is 6.42. The molecule has 1 rings (SSSR count). The number of amides is 1. The van der Waals surface area contributed by atoms with Gasteiger partial charge in [0.1, 0.15) is 0 Å². The fraction of sp³-hybridized carbons (Fsp3) is 0.588. The van der Waals surface area contributed by atoms with Crippen LogP contribution in [0.5, 0.6) is 0 Å². The molecule has 23 heavy (non-hydrogen) atoms. The van der Waals surface area contributed by atoms with Crippen molar-refractivity contribution in [3.05, 3.63) is 33.8 Å². The molecule has 0 saturated carbocycles. The standard InChI is InChI=1S/C17H26Cl2N2O.ClH/c1-13(2)21(17(22)7-5-3-4-6-10-20)12-14-8-9-15(18)16(19)11-14;/h8-9,11,13H,3-7,10,12,20H2,1-2H3;1H. The topological polar surface area (TPSA) is 46.3 Å². The highest BCUT2D eigenvalue weighted by Crippen LogP contribution is 2.24. The summed E-state index contributed by atoms with van der Waals surface area (Å²) in [4.78, 5) is 14.3. The van der Waals surface area contributed by atoms with E-state index in [0.29, 0.717) is 23.0 Å². The maximum atomic E-state index is 12.4. The number of hydrogen-bond donors (Lipinski definition) is 1. The molecule has 0 aromatic heterocycles. The van der Waals surface area contributed by atoms with Gasteiger partial charge in [-0.2, -0.15) is 0 Å². The van der Waals surface area contributed by atoms with Crippen LogP contribution in [-0.4, -0.2) is 23.4 Å². The van der Waals surface area contributed by atoms with E-state index in [0.717, 1.165) is 37.8 Å². The maximum Gasteiger partial charge on any atom is 0.223 e. The predicted molar refractivity (Wildman–Crippen MR) is 102 cm³/mol. The first kappa shape index (κ1) is 22.5. The molecule has 2 N–H and O–H groups in total. The first-order chi connectivity index (χ1) is 10.5. The van der Waals surface area contributed by atoms with E-state index in [1.54, 1.807) is 6.07 Å². The zero-order valence-corrected chi connectivity index (χ0v) is 16.2. The van der Waals surface area contributed by atoms with Crippen LogP contribution in [0.25, 0.3) is 0 Å². The number of nitrogens with two attached hydrogens (primary N) is 1. The molecule has 0 spiro atoms. The highest BCUT2D eigenvalue weighted by Gasteiger charge is 2.17. The molecule has 1 aromatic rings. The number of carbonyl (C=O) groups excluding carboxylic acids is 1. The van der Waals surface area contributed by atoms with Crippen LogP contribution in [0.2, 0.25) is 10.0 Å². The fourth-order valence-corrected chi connectivity index (χ4v) is 2.63. The van der Waals surface area contributed by atoms with Gasteiger partial charge in [-0.1, -0.05) is 42.1 Å². The van der Waals surface area contributed by atoms with Gasteiger partial charge in [0.25, 0.3) is 0 Å². The number of nitrogens with zero attached hydrogens (tertiary/aromatic N) is 1. The lowest BCUT2D eigenvalue weighted by Crippen LogP contribution is -2.36. The highest BCUT2D eigenvalue weighted by atomic mass is 35.5. The van der Waals surface area contributed by atoms with E-state index >= 15 is 0 Å². The lowest BCUT2D eigenvalue weighted by molar-refractivity contribution is -0.133. The van der Waals surface area contributed by atoms with Gasteiger partial charge in [-0.15, -0.1) is 12.4 Å². The van der Waals surface area contributed by atoms with E-state index < -0.39 is 0 Å². The molecule has 6 heteroatoms. The predicted octanol–water partition coefficient (Wildman–Crippen LogP) is 5.06. The van der Waals surface area contributed by atoms with E-state index in [2.05, 4.69) is 0 Å². The lowest BCUT2D eigenvalue weighted by Gasteiger charge is -2.27. The van der Waals surface area contributed by atoms with Crippen molar-refractivity contribution in [2.75, 3.05) is 6.54 Å². The Labute approximate surface area is 155 Å². The Bertz CT molecular complexity index is 481. The number of rotatable bonds is 9. The van der Waals surface area contributed by atoms with Crippen LogP contribution >= 0.6 is 35.6 Å². The van der Waals surface area contributed by atoms with Gasteiger partial charge < -0.3 is 10.6 Å². The minimum atomic E-state index is 0. The van der Waals surface area contributed by atoms with Crippen molar-refractivity contribution in [1.82, 2.24) is 4.90 Å². The number of hydrogen-bond acceptors (Lipinski definition) is 2. The van der Waals surface area contributed by atoms with Crippen LogP contribution < -0.4 is 5.73 Å². The molecule has 0 atom stereocenters. The summed E-state index contributed by atoms with van der Waals surface area (Å²) in [6.45, 7) is 5.35. The van der Waals surface area contributed by atoms with Gasteiger partial charge in [-0.25, -0.2) is 0 Å². The van der Waals surface area contributed by atoms with Crippen LogP contribution in [0.4, 0.5) is 0 Å². The summed E-state index contributed by atoms with van der Waals surface area (Å²) in [5.74, 6) is 0.189. The van der Waals surface area contributed by atoms with Crippen LogP contribution in [0.3, 0.4) is 0 Å². The molecule has 0 saturated heterocycles. The second-order valence-electron chi connectivity index (χ2n) is 5.82. The van der Waals surface area contributed by atoms with E-state index in [4.69, 9.17) is 28.9 Å². The lowest BCUT2D eigenvalue weighted by atomic mass is 10.1. The van der Waals surface area contributed by atoms with Crippen LogP contribution in [0.15, 0.2) is 18.2 Å². The minimum Gasteiger partial charge on any atom is -0.336 e. The van der Waals surface area contributed by atoms with Gasteiger partial charge in [-0.3, -0.25) is 4.79 Å². The largest absolute Gasteiger partial charge is 0.336 e. The third-order valence-electron chi connectivity index (χ3n) is 3.63. The Morgan fingerprint density at radius 3 is 2.35 bits per heavy atom. The summed E-state index contributed by atoms with van der Waals surface area (Å²) >= 11 is 12.0. The van der Waals surface area contributed by atoms with Gasteiger partial charge in [0, 0.05) is 19.0 Å². The Morgan fingerprint density at radius 2 is 1.78 bits per heavy atom. The Kier molecular flexibility index (Phi) is 11.7. The van der Waals surface area contributed by atoms with Crippen molar-refractivity contribution < 1.29 is 4.79 Å². The molecular weight excluding hydrogens is 355 g/mol. The zero-order valence-electron chi connectivity index (χ0n) is 13.9. The number of carbonyl (C=O) groups is 1. The molecule has 0 fully saturated rings. The SMILES string of the molecule is CC(C)N(Cc1ccc(Cl)c(Cl)c1)C(=O)CCCCCCN.Cl. The monoisotopic (exact) mass is 380 g/mol. The molecule has 0 bridgehead atoms. The van der Waals surface area contributed by atoms with Crippen LogP contribution in [0.1, 0.15) is 51.5 Å². The van der Waals surface area contributed by atoms with Gasteiger partial charge in [0.05, 0.1) is 10.0 Å². The molecule has 0 unspecified atom stereocenters. The number of benzene rings is 1. The molecule has 132 valence electrons. The van der Waals surface area contributed by atoms with Gasteiger partial charge in [0.2, 0.25) is 5.91 Å². The normalized spacial score (nSPS) is 10.5. The molecule has 0 aliphatic rings. The summed E-state index contributed by atoms with van der Waals surface area (Å²) in [5.41, 5.74) is 6.47. The van der Waals surface area contributed by atoms with Crippen molar-refractivity contribution >= 4 is 41.5 Å². The van der Waals surface area contributed by atoms with Crippen LogP contribution in [-0.2, 0) is 11.3 Å². The third-order valence-corrected chi connectivity index (χ3v) is 4.36. The molecule has 0 heterocycles.